The van der Waals surface area contributed by atoms with Gasteiger partial charge in [0.25, 0.3) is 0 Å². The van der Waals surface area contributed by atoms with Crippen molar-refractivity contribution in [3.63, 3.8) is 0 Å². The van der Waals surface area contributed by atoms with Crippen molar-refractivity contribution in [2.45, 2.75) is 39.0 Å². The molecule has 0 aromatic heterocycles. The van der Waals surface area contributed by atoms with E-state index in [0.29, 0.717) is 11.8 Å². The van der Waals surface area contributed by atoms with Crippen LogP contribution in [-0.4, -0.2) is 11.0 Å². The van der Waals surface area contributed by atoms with Crippen LogP contribution in [0.3, 0.4) is 0 Å². The van der Waals surface area contributed by atoms with Gasteiger partial charge in [-0.25, -0.2) is 0 Å². The van der Waals surface area contributed by atoms with Crippen molar-refractivity contribution < 1.29 is 5.21 Å². The number of hydrogen-bond donors (Lipinski definition) is 2. The Morgan fingerprint density at radius 3 is 2.75 bits per heavy atom. The normalized spacial score (nSPS) is 20.9. The predicted molar refractivity (Wildman–Crippen MR) is 49.1 cm³/mol. The Hall–Kier alpha value is -0.730. The molecule has 0 aliphatic heterocycles. The van der Waals surface area contributed by atoms with Crippen LogP contribution in [0.1, 0.15) is 39.0 Å². The zero-order chi connectivity index (χ0) is 8.97. The molecule has 1 fully saturated rings. The van der Waals surface area contributed by atoms with Crippen LogP contribution >= 0.6 is 0 Å². The SMILES string of the molecule is CCC[C@@H](CC1CC1)/C(N)=N/O. The zero-order valence-corrected chi connectivity index (χ0v) is 7.66. The summed E-state index contributed by atoms with van der Waals surface area (Å²) in [6.45, 7) is 2.13. The molecule has 3 heteroatoms. The molecule has 70 valence electrons. The number of oxime groups is 1. The van der Waals surface area contributed by atoms with Crippen molar-refractivity contribution in [2.75, 3.05) is 0 Å². The molecule has 0 unspecified atom stereocenters. The van der Waals surface area contributed by atoms with E-state index < -0.39 is 0 Å². The van der Waals surface area contributed by atoms with Crippen LogP contribution in [0.5, 0.6) is 0 Å². The van der Waals surface area contributed by atoms with Crippen molar-refractivity contribution in [1.82, 2.24) is 0 Å². The molecule has 1 atom stereocenters. The van der Waals surface area contributed by atoms with Crippen molar-refractivity contribution in [2.24, 2.45) is 22.7 Å². The van der Waals surface area contributed by atoms with Crippen LogP contribution in [0.4, 0.5) is 0 Å². The van der Waals surface area contributed by atoms with Gasteiger partial charge in [0.2, 0.25) is 0 Å². The molecule has 0 amide bonds. The molecular formula is C9H18N2O. The van der Waals surface area contributed by atoms with Crippen molar-refractivity contribution in [1.29, 1.82) is 0 Å². The quantitative estimate of drug-likeness (QED) is 0.287. The first-order valence-electron chi connectivity index (χ1n) is 4.75. The van der Waals surface area contributed by atoms with E-state index in [1.165, 1.54) is 12.8 Å². The lowest BCUT2D eigenvalue weighted by Crippen LogP contribution is -2.24. The molecule has 3 nitrogen and oxygen atoms in total. The summed E-state index contributed by atoms with van der Waals surface area (Å²) in [5, 5.41) is 11.6. The maximum atomic E-state index is 8.53. The van der Waals surface area contributed by atoms with E-state index >= 15 is 0 Å². The molecule has 0 heterocycles. The van der Waals surface area contributed by atoms with Crippen molar-refractivity contribution in [3.8, 4) is 0 Å². The molecule has 0 bridgehead atoms. The topological polar surface area (TPSA) is 58.6 Å². The van der Waals surface area contributed by atoms with Gasteiger partial charge in [0.15, 0.2) is 0 Å². The zero-order valence-electron chi connectivity index (χ0n) is 7.66. The molecule has 0 spiro atoms. The monoisotopic (exact) mass is 170 g/mol. The predicted octanol–water partition coefficient (Wildman–Crippen LogP) is 1.95. The van der Waals surface area contributed by atoms with Gasteiger partial charge in [0.05, 0.1) is 0 Å². The summed E-state index contributed by atoms with van der Waals surface area (Å²) in [6, 6.07) is 0. The lowest BCUT2D eigenvalue weighted by Gasteiger charge is -2.13. The summed E-state index contributed by atoms with van der Waals surface area (Å²) in [5.41, 5.74) is 5.58. The summed E-state index contributed by atoms with van der Waals surface area (Å²) in [4.78, 5) is 0. The summed E-state index contributed by atoms with van der Waals surface area (Å²) in [7, 11) is 0. The van der Waals surface area contributed by atoms with E-state index in [4.69, 9.17) is 10.9 Å². The summed E-state index contributed by atoms with van der Waals surface area (Å²) < 4.78 is 0. The maximum absolute atomic E-state index is 8.53. The van der Waals surface area contributed by atoms with Gasteiger partial charge in [0.1, 0.15) is 5.84 Å². The van der Waals surface area contributed by atoms with Gasteiger partial charge < -0.3 is 10.9 Å². The molecule has 0 radical (unpaired) electrons. The first kappa shape index (κ1) is 9.36. The van der Waals surface area contributed by atoms with Crippen LogP contribution in [0.15, 0.2) is 5.16 Å². The highest BCUT2D eigenvalue weighted by molar-refractivity contribution is 5.82. The van der Waals surface area contributed by atoms with Gasteiger partial charge in [-0.15, -0.1) is 0 Å². The molecule has 0 aromatic carbocycles. The number of nitrogens with two attached hydrogens (primary N) is 1. The second-order valence-electron chi connectivity index (χ2n) is 3.69. The first-order chi connectivity index (χ1) is 5.77. The van der Waals surface area contributed by atoms with E-state index in [2.05, 4.69) is 12.1 Å². The summed E-state index contributed by atoms with van der Waals surface area (Å²) in [5.74, 6) is 1.58. The second kappa shape index (κ2) is 4.33. The van der Waals surface area contributed by atoms with Gasteiger partial charge in [-0.2, -0.15) is 0 Å². The highest BCUT2D eigenvalue weighted by Crippen LogP contribution is 2.36. The molecule has 1 aliphatic carbocycles. The van der Waals surface area contributed by atoms with E-state index in [0.717, 1.165) is 25.2 Å². The Balaban J connectivity index is 2.35. The molecule has 1 saturated carbocycles. The maximum Gasteiger partial charge on any atom is 0.142 e. The molecule has 0 saturated heterocycles. The first-order valence-corrected chi connectivity index (χ1v) is 4.75. The average molecular weight is 170 g/mol. The van der Waals surface area contributed by atoms with Gasteiger partial charge in [-0.3, -0.25) is 0 Å². The lowest BCUT2D eigenvalue weighted by atomic mass is 9.96. The largest absolute Gasteiger partial charge is 0.409 e. The second-order valence-corrected chi connectivity index (χ2v) is 3.69. The highest BCUT2D eigenvalue weighted by atomic mass is 16.4. The lowest BCUT2D eigenvalue weighted by molar-refractivity contribution is 0.311. The fourth-order valence-corrected chi connectivity index (χ4v) is 1.57. The van der Waals surface area contributed by atoms with Gasteiger partial charge in [-0.1, -0.05) is 31.3 Å². The average Bonchev–Trinajstić information content (AvgIpc) is 2.86. The fourth-order valence-electron chi connectivity index (χ4n) is 1.57. The number of hydrogen-bond acceptors (Lipinski definition) is 2. The Bertz CT molecular complexity index is 164. The van der Waals surface area contributed by atoms with Crippen LogP contribution in [0.2, 0.25) is 0 Å². The Morgan fingerprint density at radius 1 is 1.67 bits per heavy atom. The summed E-state index contributed by atoms with van der Waals surface area (Å²) >= 11 is 0. The molecule has 0 aromatic rings. The highest BCUT2D eigenvalue weighted by Gasteiger charge is 2.26. The van der Waals surface area contributed by atoms with E-state index in [-0.39, 0.29) is 0 Å². The minimum absolute atomic E-state index is 0.312. The third kappa shape index (κ3) is 2.72. The van der Waals surface area contributed by atoms with Crippen LogP contribution in [0, 0.1) is 11.8 Å². The van der Waals surface area contributed by atoms with Gasteiger partial charge >= 0.3 is 0 Å². The minimum Gasteiger partial charge on any atom is -0.409 e. The minimum atomic E-state index is 0.312. The van der Waals surface area contributed by atoms with E-state index in [1.54, 1.807) is 0 Å². The molecular weight excluding hydrogens is 152 g/mol. The third-order valence-corrected chi connectivity index (χ3v) is 2.49. The van der Waals surface area contributed by atoms with Crippen LogP contribution in [0.25, 0.3) is 0 Å². The molecule has 1 rings (SSSR count). The summed E-state index contributed by atoms with van der Waals surface area (Å²) in [6.07, 6.45) is 5.93. The van der Waals surface area contributed by atoms with Crippen LogP contribution < -0.4 is 5.73 Å². The standard InChI is InChI=1S/C9H18N2O/c1-2-3-8(9(10)11-12)6-7-4-5-7/h7-8,12H,2-6H2,1H3,(H2,10,11)/t8-/m0/s1. The number of rotatable bonds is 5. The number of nitrogens with zero attached hydrogens (tertiary/aromatic N) is 1. The smallest absolute Gasteiger partial charge is 0.142 e. The Kier molecular flexibility index (Phi) is 3.38. The van der Waals surface area contributed by atoms with Crippen molar-refractivity contribution in [3.05, 3.63) is 0 Å². The Labute approximate surface area is 73.6 Å². The third-order valence-electron chi connectivity index (χ3n) is 2.49. The van der Waals surface area contributed by atoms with Gasteiger partial charge in [-0.05, 0) is 18.8 Å². The van der Waals surface area contributed by atoms with E-state index in [9.17, 15) is 0 Å². The van der Waals surface area contributed by atoms with Gasteiger partial charge in [0, 0.05) is 5.92 Å². The van der Waals surface area contributed by atoms with Crippen LogP contribution in [-0.2, 0) is 0 Å². The fraction of sp³-hybridized carbons (Fsp3) is 0.889. The molecule has 3 N–H and O–H groups in total. The molecule has 12 heavy (non-hydrogen) atoms. The number of amidine groups is 1. The van der Waals surface area contributed by atoms with E-state index in [1.807, 2.05) is 0 Å². The van der Waals surface area contributed by atoms with Crippen molar-refractivity contribution >= 4 is 5.84 Å². The molecule has 1 aliphatic rings. The Morgan fingerprint density at radius 2 is 2.33 bits per heavy atom.